The van der Waals surface area contributed by atoms with Crippen molar-refractivity contribution in [1.29, 1.82) is 0 Å². The standard InChI is InChI=1S/C14H21N3O3/c18-11-5-2-6-17(8-11)9-12-7-13(16-20-12)14(19)15-10-3-1-4-10/h7,10-11,18H,1-6,8-9H2,(H,15,19)/t11-/m0/s1. The number of rotatable bonds is 4. The number of amides is 1. The average molecular weight is 279 g/mol. The fraction of sp³-hybridized carbons (Fsp3) is 0.714. The third-order valence-electron chi connectivity index (χ3n) is 4.09. The minimum absolute atomic E-state index is 0.150. The summed E-state index contributed by atoms with van der Waals surface area (Å²) in [5.41, 5.74) is 0.351. The number of piperidine rings is 1. The minimum Gasteiger partial charge on any atom is -0.392 e. The Morgan fingerprint density at radius 1 is 1.45 bits per heavy atom. The molecule has 1 atom stereocenters. The van der Waals surface area contributed by atoms with Gasteiger partial charge in [-0.1, -0.05) is 5.16 Å². The third-order valence-corrected chi connectivity index (χ3v) is 4.09. The van der Waals surface area contributed by atoms with Crippen LogP contribution in [0.2, 0.25) is 0 Å². The van der Waals surface area contributed by atoms with Gasteiger partial charge in [-0.2, -0.15) is 0 Å². The molecule has 1 aromatic heterocycles. The molecule has 2 aliphatic rings. The van der Waals surface area contributed by atoms with Crippen molar-refractivity contribution in [3.63, 3.8) is 0 Å². The number of aromatic nitrogens is 1. The van der Waals surface area contributed by atoms with Crippen LogP contribution in [-0.4, -0.2) is 46.3 Å². The van der Waals surface area contributed by atoms with E-state index in [-0.39, 0.29) is 12.0 Å². The molecule has 0 bridgehead atoms. The topological polar surface area (TPSA) is 78.6 Å². The van der Waals surface area contributed by atoms with Crippen molar-refractivity contribution in [2.45, 2.75) is 50.8 Å². The van der Waals surface area contributed by atoms with Gasteiger partial charge in [-0.15, -0.1) is 0 Å². The van der Waals surface area contributed by atoms with E-state index in [0.29, 0.717) is 30.6 Å². The summed E-state index contributed by atoms with van der Waals surface area (Å²) < 4.78 is 5.22. The fourth-order valence-electron chi connectivity index (χ4n) is 2.70. The quantitative estimate of drug-likeness (QED) is 0.856. The maximum atomic E-state index is 11.9. The second kappa shape index (κ2) is 5.93. The van der Waals surface area contributed by atoms with E-state index < -0.39 is 0 Å². The average Bonchev–Trinajstić information content (AvgIpc) is 2.82. The lowest BCUT2D eigenvalue weighted by Crippen LogP contribution is -2.39. The molecule has 0 radical (unpaired) electrons. The summed E-state index contributed by atoms with van der Waals surface area (Å²) in [6.07, 6.45) is 4.90. The SMILES string of the molecule is O=C(NC1CCC1)c1cc(CN2CCC[C@H](O)C2)on1. The predicted octanol–water partition coefficient (Wildman–Crippen LogP) is 0.914. The Hall–Kier alpha value is -1.40. The normalized spacial score (nSPS) is 24.4. The van der Waals surface area contributed by atoms with Crippen LogP contribution in [0.4, 0.5) is 0 Å². The van der Waals surface area contributed by atoms with Crippen LogP contribution in [0.25, 0.3) is 0 Å². The molecule has 1 aliphatic carbocycles. The maximum Gasteiger partial charge on any atom is 0.273 e. The number of aliphatic hydroxyl groups is 1. The Balaban J connectivity index is 1.54. The molecule has 0 unspecified atom stereocenters. The van der Waals surface area contributed by atoms with Gasteiger partial charge in [0.15, 0.2) is 11.5 Å². The van der Waals surface area contributed by atoms with Crippen LogP contribution < -0.4 is 5.32 Å². The summed E-state index contributed by atoms with van der Waals surface area (Å²) in [5, 5.41) is 16.4. The number of likely N-dealkylation sites (tertiary alicyclic amines) is 1. The van der Waals surface area contributed by atoms with Crippen LogP contribution in [0.3, 0.4) is 0 Å². The number of hydrogen-bond donors (Lipinski definition) is 2. The van der Waals surface area contributed by atoms with E-state index in [0.717, 1.165) is 32.2 Å². The highest BCUT2D eigenvalue weighted by atomic mass is 16.5. The molecule has 6 heteroatoms. The molecule has 1 aliphatic heterocycles. The van der Waals surface area contributed by atoms with E-state index in [1.807, 2.05) is 0 Å². The van der Waals surface area contributed by atoms with Crippen LogP contribution in [0, 0.1) is 0 Å². The molecule has 0 spiro atoms. The summed E-state index contributed by atoms with van der Waals surface area (Å²) in [6.45, 7) is 2.20. The number of hydrogen-bond acceptors (Lipinski definition) is 5. The Morgan fingerprint density at radius 2 is 2.30 bits per heavy atom. The van der Waals surface area contributed by atoms with Gasteiger partial charge in [-0.25, -0.2) is 0 Å². The number of aliphatic hydroxyl groups excluding tert-OH is 1. The Morgan fingerprint density at radius 3 is 3.00 bits per heavy atom. The molecule has 1 aromatic rings. The first kappa shape index (κ1) is 13.6. The van der Waals surface area contributed by atoms with Crippen molar-refractivity contribution < 1.29 is 14.4 Å². The molecule has 1 saturated heterocycles. The van der Waals surface area contributed by atoms with Crippen molar-refractivity contribution in [2.24, 2.45) is 0 Å². The highest BCUT2D eigenvalue weighted by Crippen LogP contribution is 2.19. The van der Waals surface area contributed by atoms with Gasteiger partial charge in [0.1, 0.15) is 0 Å². The molecule has 3 rings (SSSR count). The van der Waals surface area contributed by atoms with Crippen molar-refractivity contribution in [3.8, 4) is 0 Å². The highest BCUT2D eigenvalue weighted by Gasteiger charge is 2.23. The van der Waals surface area contributed by atoms with Gasteiger partial charge < -0.3 is 14.9 Å². The monoisotopic (exact) mass is 279 g/mol. The van der Waals surface area contributed by atoms with E-state index in [1.165, 1.54) is 6.42 Å². The molecule has 110 valence electrons. The van der Waals surface area contributed by atoms with E-state index >= 15 is 0 Å². The van der Waals surface area contributed by atoms with Crippen molar-refractivity contribution in [1.82, 2.24) is 15.4 Å². The van der Waals surface area contributed by atoms with Crippen LogP contribution in [-0.2, 0) is 6.54 Å². The molecule has 0 aromatic carbocycles. The van der Waals surface area contributed by atoms with Crippen LogP contribution >= 0.6 is 0 Å². The smallest absolute Gasteiger partial charge is 0.273 e. The summed E-state index contributed by atoms with van der Waals surface area (Å²) in [5.74, 6) is 0.529. The number of carbonyl (C=O) groups excluding carboxylic acids is 1. The number of β-amino-alcohol motifs (C(OH)–C–C–N with tert-alkyl or cyclic N) is 1. The molecule has 1 saturated carbocycles. The summed E-state index contributed by atoms with van der Waals surface area (Å²) >= 11 is 0. The minimum atomic E-state index is -0.256. The molecular weight excluding hydrogens is 258 g/mol. The van der Waals surface area contributed by atoms with Crippen LogP contribution in [0.15, 0.2) is 10.6 Å². The Bertz CT molecular complexity index is 470. The van der Waals surface area contributed by atoms with Gasteiger partial charge >= 0.3 is 0 Å². The molecule has 2 N–H and O–H groups in total. The molecule has 2 heterocycles. The third kappa shape index (κ3) is 3.19. The molecule has 6 nitrogen and oxygen atoms in total. The van der Waals surface area contributed by atoms with Gasteiger partial charge in [0, 0.05) is 18.7 Å². The zero-order chi connectivity index (χ0) is 13.9. The first-order valence-electron chi connectivity index (χ1n) is 7.37. The number of carbonyl (C=O) groups is 1. The van der Waals surface area contributed by atoms with E-state index in [2.05, 4.69) is 15.4 Å². The zero-order valence-electron chi connectivity index (χ0n) is 11.5. The largest absolute Gasteiger partial charge is 0.392 e. The fourth-order valence-corrected chi connectivity index (χ4v) is 2.70. The van der Waals surface area contributed by atoms with Gasteiger partial charge in [-0.3, -0.25) is 9.69 Å². The summed E-state index contributed by atoms with van der Waals surface area (Å²) in [7, 11) is 0. The van der Waals surface area contributed by atoms with Gasteiger partial charge in [0.25, 0.3) is 5.91 Å². The lowest BCUT2D eigenvalue weighted by molar-refractivity contribution is 0.0622. The van der Waals surface area contributed by atoms with Crippen molar-refractivity contribution in [3.05, 3.63) is 17.5 Å². The maximum absolute atomic E-state index is 11.9. The van der Waals surface area contributed by atoms with Crippen LogP contribution in [0.1, 0.15) is 48.4 Å². The first-order valence-corrected chi connectivity index (χ1v) is 7.37. The van der Waals surface area contributed by atoms with E-state index in [4.69, 9.17) is 4.52 Å². The summed E-state index contributed by atoms with van der Waals surface area (Å²) in [6, 6.07) is 2.01. The van der Waals surface area contributed by atoms with E-state index in [9.17, 15) is 9.90 Å². The second-order valence-electron chi connectivity index (χ2n) is 5.81. The Kier molecular flexibility index (Phi) is 4.03. The lowest BCUT2D eigenvalue weighted by Gasteiger charge is -2.28. The van der Waals surface area contributed by atoms with Gasteiger partial charge in [-0.05, 0) is 38.6 Å². The predicted molar refractivity (Wildman–Crippen MR) is 72.1 cm³/mol. The van der Waals surface area contributed by atoms with Crippen molar-refractivity contribution in [2.75, 3.05) is 13.1 Å². The van der Waals surface area contributed by atoms with Crippen molar-refractivity contribution >= 4 is 5.91 Å². The number of nitrogens with zero attached hydrogens (tertiary/aromatic N) is 2. The lowest BCUT2D eigenvalue weighted by atomic mass is 9.93. The number of nitrogens with one attached hydrogen (secondary N) is 1. The van der Waals surface area contributed by atoms with Crippen LogP contribution in [0.5, 0.6) is 0 Å². The second-order valence-corrected chi connectivity index (χ2v) is 5.81. The first-order chi connectivity index (χ1) is 9.70. The van der Waals surface area contributed by atoms with Gasteiger partial charge in [0.2, 0.25) is 0 Å². The van der Waals surface area contributed by atoms with E-state index in [1.54, 1.807) is 6.07 Å². The highest BCUT2D eigenvalue weighted by molar-refractivity contribution is 5.92. The molecular formula is C14H21N3O3. The molecule has 20 heavy (non-hydrogen) atoms. The Labute approximate surface area is 118 Å². The van der Waals surface area contributed by atoms with Gasteiger partial charge in [0.05, 0.1) is 12.6 Å². The molecule has 2 fully saturated rings. The summed E-state index contributed by atoms with van der Waals surface area (Å²) in [4.78, 5) is 14.0. The molecule has 1 amide bonds. The zero-order valence-corrected chi connectivity index (χ0v) is 11.5.